The Labute approximate surface area is 264 Å². The van der Waals surface area contributed by atoms with Crippen LogP contribution in [-0.2, 0) is 0 Å². The van der Waals surface area contributed by atoms with Gasteiger partial charge in [0.05, 0.1) is 39.0 Å². The summed E-state index contributed by atoms with van der Waals surface area (Å²) in [4.78, 5) is 10.5. The molecule has 46 heavy (non-hydrogen) atoms. The first-order valence-corrected chi connectivity index (χ1v) is 15.6. The third-order valence-corrected chi connectivity index (χ3v) is 9.29. The predicted molar refractivity (Wildman–Crippen MR) is 191 cm³/mol. The zero-order valence-electron chi connectivity index (χ0n) is 24.8. The summed E-state index contributed by atoms with van der Waals surface area (Å²) in [6, 6.07) is 55.9. The molecule has 0 saturated heterocycles. The van der Waals surface area contributed by atoms with Gasteiger partial charge in [-0.1, -0.05) is 121 Å². The van der Waals surface area contributed by atoms with Gasteiger partial charge in [-0.2, -0.15) is 0 Å². The van der Waals surface area contributed by atoms with Gasteiger partial charge in [-0.05, 0) is 41.8 Å². The molecule has 0 fully saturated rings. The van der Waals surface area contributed by atoms with Crippen molar-refractivity contribution < 1.29 is 0 Å². The predicted octanol–water partition coefficient (Wildman–Crippen LogP) is 10.6. The van der Waals surface area contributed by atoms with E-state index in [1.54, 1.807) is 0 Å². The molecule has 214 valence electrons. The van der Waals surface area contributed by atoms with E-state index in [1.165, 1.54) is 43.4 Å². The molecule has 4 nitrogen and oxygen atoms in total. The lowest BCUT2D eigenvalue weighted by Crippen LogP contribution is -2.04. The average Bonchev–Trinajstić information content (AvgIpc) is 3.67. The van der Waals surface area contributed by atoms with Crippen molar-refractivity contribution in [3.63, 3.8) is 0 Å². The molecule has 0 bridgehead atoms. The number of benzene rings is 6. The molecular weight excluding hydrogens is 560 g/mol. The Balaban J connectivity index is 1.35. The summed E-state index contributed by atoms with van der Waals surface area (Å²) in [5, 5.41) is 7.34. The van der Waals surface area contributed by atoms with Crippen LogP contribution in [0.5, 0.6) is 0 Å². The fourth-order valence-electron chi connectivity index (χ4n) is 7.23. The summed E-state index contributed by atoms with van der Waals surface area (Å²) in [6.45, 7) is 0. The van der Waals surface area contributed by atoms with Gasteiger partial charge in [0.15, 0.2) is 0 Å². The highest BCUT2D eigenvalue weighted by molar-refractivity contribution is 6.18. The first-order valence-electron chi connectivity index (χ1n) is 15.6. The quantitative estimate of drug-likeness (QED) is 0.193. The van der Waals surface area contributed by atoms with Gasteiger partial charge in [0, 0.05) is 38.1 Å². The zero-order valence-corrected chi connectivity index (χ0v) is 24.8. The molecule has 6 aromatic carbocycles. The van der Waals surface area contributed by atoms with E-state index in [2.05, 4.69) is 155 Å². The van der Waals surface area contributed by atoms with Crippen LogP contribution in [-0.4, -0.2) is 18.9 Å². The van der Waals surface area contributed by atoms with Crippen LogP contribution < -0.4 is 0 Å². The van der Waals surface area contributed by atoms with Crippen LogP contribution in [0.4, 0.5) is 0 Å². The van der Waals surface area contributed by atoms with E-state index in [-0.39, 0.29) is 0 Å². The van der Waals surface area contributed by atoms with Gasteiger partial charge in [-0.3, -0.25) is 4.57 Å². The van der Waals surface area contributed by atoms with Crippen LogP contribution in [0.2, 0.25) is 0 Å². The normalized spacial score (nSPS) is 11.9. The maximum absolute atomic E-state index is 5.24. The molecule has 10 rings (SSSR count). The molecule has 0 aliphatic heterocycles. The van der Waals surface area contributed by atoms with Crippen LogP contribution >= 0.6 is 0 Å². The van der Waals surface area contributed by atoms with Gasteiger partial charge in [-0.15, -0.1) is 0 Å². The van der Waals surface area contributed by atoms with Crippen molar-refractivity contribution in [1.82, 2.24) is 18.9 Å². The van der Waals surface area contributed by atoms with Crippen molar-refractivity contribution in [2.75, 3.05) is 0 Å². The van der Waals surface area contributed by atoms with Crippen LogP contribution in [0.15, 0.2) is 158 Å². The number of nitrogens with zero attached hydrogens (tertiary/aromatic N) is 4. The van der Waals surface area contributed by atoms with E-state index in [0.717, 1.165) is 39.1 Å². The van der Waals surface area contributed by atoms with Gasteiger partial charge in [0.2, 0.25) is 5.95 Å². The maximum atomic E-state index is 5.24. The molecule has 4 heteroatoms. The Kier molecular flexibility index (Phi) is 5.25. The SMILES string of the molecule is c1ccc(-c2cc(-c3ccccc3)nc(-n3c4ccccc4c4cc5cc6c7ccccc7c7ccccc7n6c5cc43)n2)cc1. The molecule has 4 aromatic heterocycles. The van der Waals surface area contributed by atoms with E-state index in [4.69, 9.17) is 9.97 Å². The second kappa shape index (κ2) is 9.62. The minimum absolute atomic E-state index is 0.655. The summed E-state index contributed by atoms with van der Waals surface area (Å²) in [5.74, 6) is 0.655. The summed E-state index contributed by atoms with van der Waals surface area (Å²) in [5.41, 5.74) is 9.63. The van der Waals surface area contributed by atoms with E-state index < -0.39 is 0 Å². The third kappa shape index (κ3) is 3.61. The fraction of sp³-hybridized carbons (Fsp3) is 0. The lowest BCUT2D eigenvalue weighted by molar-refractivity contribution is 0.996. The second-order valence-electron chi connectivity index (χ2n) is 11.9. The van der Waals surface area contributed by atoms with Gasteiger partial charge in [-0.25, -0.2) is 9.97 Å². The van der Waals surface area contributed by atoms with Crippen molar-refractivity contribution >= 4 is 59.9 Å². The lowest BCUT2D eigenvalue weighted by atomic mass is 10.1. The Bertz CT molecular complexity index is 2730. The molecule has 0 radical (unpaired) electrons. The van der Waals surface area contributed by atoms with E-state index in [9.17, 15) is 0 Å². The number of para-hydroxylation sites is 2. The number of hydrogen-bond acceptors (Lipinski definition) is 2. The van der Waals surface area contributed by atoms with Gasteiger partial charge in [0.1, 0.15) is 0 Å². The third-order valence-electron chi connectivity index (χ3n) is 9.29. The van der Waals surface area contributed by atoms with Gasteiger partial charge >= 0.3 is 0 Å². The minimum atomic E-state index is 0.655. The largest absolute Gasteiger partial charge is 0.309 e. The lowest BCUT2D eigenvalue weighted by Gasteiger charge is -2.12. The van der Waals surface area contributed by atoms with Gasteiger partial charge < -0.3 is 4.40 Å². The second-order valence-corrected chi connectivity index (χ2v) is 11.9. The summed E-state index contributed by atoms with van der Waals surface area (Å²) in [7, 11) is 0. The standard InChI is InChI=1S/C42H26N4/c1-3-13-27(14-4-1)35-25-36(28-15-5-2-6-16-28)44-42(43-35)46-38-22-12-10-20-33(38)34-23-29-24-40-32-19-8-7-17-30(32)31-18-9-11-21-37(31)45(40)39(29)26-41(34)46/h1-26H. The molecule has 0 saturated carbocycles. The molecule has 10 aromatic rings. The van der Waals surface area contributed by atoms with Crippen LogP contribution in [0.25, 0.3) is 88.4 Å². The van der Waals surface area contributed by atoms with Crippen molar-refractivity contribution in [1.29, 1.82) is 0 Å². The molecule has 0 aliphatic carbocycles. The molecule has 0 unspecified atom stereocenters. The molecule has 0 atom stereocenters. The van der Waals surface area contributed by atoms with Crippen molar-refractivity contribution in [3.05, 3.63) is 158 Å². The van der Waals surface area contributed by atoms with E-state index in [0.29, 0.717) is 5.95 Å². The highest BCUT2D eigenvalue weighted by Gasteiger charge is 2.19. The highest BCUT2D eigenvalue weighted by Crippen LogP contribution is 2.39. The number of fused-ring (bicyclic) bond motifs is 11. The molecular formula is C42H26N4. The van der Waals surface area contributed by atoms with E-state index >= 15 is 0 Å². The topological polar surface area (TPSA) is 35.1 Å². The number of aromatic nitrogens is 4. The Morgan fingerprint density at radius 1 is 0.348 bits per heavy atom. The molecule has 0 N–H and O–H groups in total. The summed E-state index contributed by atoms with van der Waals surface area (Å²) >= 11 is 0. The highest BCUT2D eigenvalue weighted by atomic mass is 15.2. The molecule has 0 spiro atoms. The number of rotatable bonds is 3. The van der Waals surface area contributed by atoms with E-state index in [1.807, 2.05) is 12.1 Å². The summed E-state index contributed by atoms with van der Waals surface area (Å²) < 4.78 is 4.66. The molecule has 0 amide bonds. The monoisotopic (exact) mass is 586 g/mol. The smallest absolute Gasteiger partial charge is 0.235 e. The Morgan fingerprint density at radius 3 is 1.52 bits per heavy atom. The average molecular weight is 587 g/mol. The van der Waals surface area contributed by atoms with Crippen LogP contribution in [0, 0.1) is 0 Å². The van der Waals surface area contributed by atoms with Crippen molar-refractivity contribution in [2.45, 2.75) is 0 Å². The van der Waals surface area contributed by atoms with Crippen LogP contribution in [0.3, 0.4) is 0 Å². The fourth-order valence-corrected chi connectivity index (χ4v) is 7.23. The van der Waals surface area contributed by atoms with Gasteiger partial charge in [0.25, 0.3) is 0 Å². The summed E-state index contributed by atoms with van der Waals surface area (Å²) in [6.07, 6.45) is 0. The Hall–Kier alpha value is -6.26. The first kappa shape index (κ1) is 25.1. The maximum Gasteiger partial charge on any atom is 0.235 e. The minimum Gasteiger partial charge on any atom is -0.309 e. The number of hydrogen-bond donors (Lipinski definition) is 0. The van der Waals surface area contributed by atoms with Crippen molar-refractivity contribution in [3.8, 4) is 28.5 Å². The zero-order chi connectivity index (χ0) is 30.2. The molecule has 0 aliphatic rings. The number of pyridine rings is 1. The molecule has 4 heterocycles. The van der Waals surface area contributed by atoms with Crippen LogP contribution in [0.1, 0.15) is 0 Å². The Morgan fingerprint density at radius 2 is 0.870 bits per heavy atom. The van der Waals surface area contributed by atoms with Crippen molar-refractivity contribution in [2.24, 2.45) is 0 Å². The first-order chi connectivity index (χ1) is 22.8.